The monoisotopic (exact) mass is 298 g/mol. The van der Waals surface area contributed by atoms with E-state index in [1.807, 2.05) is 6.07 Å². The lowest BCUT2D eigenvalue weighted by Crippen LogP contribution is -2.11. The van der Waals surface area contributed by atoms with Crippen molar-refractivity contribution in [2.45, 2.75) is 32.1 Å². The van der Waals surface area contributed by atoms with Crippen LogP contribution in [0.1, 0.15) is 43.2 Å². The average molecular weight is 298 g/mol. The number of fused-ring (bicyclic) bond motifs is 2. The predicted octanol–water partition coefficient (Wildman–Crippen LogP) is 5.70. The number of hydrogen-bond donors (Lipinski definition) is 0. The summed E-state index contributed by atoms with van der Waals surface area (Å²) in [4.78, 5) is 0. The number of allylic oxidation sites excluding steroid dienone is 2. The Morgan fingerprint density at radius 3 is 2.00 bits per heavy atom. The van der Waals surface area contributed by atoms with Crippen LogP contribution in [0, 0.1) is 23.7 Å². The van der Waals surface area contributed by atoms with Gasteiger partial charge in [0.05, 0.1) is 0 Å². The van der Waals surface area contributed by atoms with Crippen LogP contribution in [-0.4, -0.2) is 0 Å². The highest BCUT2D eigenvalue weighted by atomic mass is 14.4. The van der Waals surface area contributed by atoms with Crippen LogP contribution in [0.4, 0.5) is 0 Å². The lowest BCUT2D eigenvalue weighted by Gasteiger charge is -2.25. The van der Waals surface area contributed by atoms with Crippen LogP contribution >= 0.6 is 0 Å². The Morgan fingerprint density at radius 1 is 0.739 bits per heavy atom. The molecule has 0 N–H and O–H groups in total. The molecule has 2 atom stereocenters. The molecule has 2 fully saturated rings. The molecule has 2 bridgehead atoms. The molecule has 0 aliphatic heterocycles. The summed E-state index contributed by atoms with van der Waals surface area (Å²) in [5.41, 5.74) is 5.36. The molecular weight excluding hydrogens is 276 g/mol. The fourth-order valence-electron chi connectivity index (χ4n) is 4.24. The minimum atomic E-state index is 0.772. The molecule has 0 saturated heterocycles. The second kappa shape index (κ2) is 6.47. The lowest BCUT2D eigenvalue weighted by molar-refractivity contribution is 0.466. The Labute approximate surface area is 139 Å². The van der Waals surface area contributed by atoms with Gasteiger partial charge in [0.25, 0.3) is 0 Å². The summed E-state index contributed by atoms with van der Waals surface area (Å²) in [5.74, 6) is 8.50. The van der Waals surface area contributed by atoms with Crippen molar-refractivity contribution in [2.75, 3.05) is 0 Å². The van der Waals surface area contributed by atoms with Gasteiger partial charge in [-0.1, -0.05) is 66.8 Å². The van der Waals surface area contributed by atoms with Crippen LogP contribution in [0.3, 0.4) is 0 Å². The summed E-state index contributed by atoms with van der Waals surface area (Å²) in [5, 5.41) is 0. The summed E-state index contributed by atoms with van der Waals surface area (Å²) in [6.07, 6.45) is 6.84. The van der Waals surface area contributed by atoms with E-state index >= 15 is 0 Å². The third-order valence-electron chi connectivity index (χ3n) is 5.31. The highest BCUT2D eigenvalue weighted by Gasteiger charge is 2.35. The Balaban J connectivity index is 1.82. The normalized spacial score (nSPS) is 22.3. The van der Waals surface area contributed by atoms with Gasteiger partial charge in [-0.05, 0) is 60.8 Å². The van der Waals surface area contributed by atoms with Gasteiger partial charge in [-0.15, -0.1) is 0 Å². The summed E-state index contributed by atoms with van der Waals surface area (Å²) >= 11 is 0. The van der Waals surface area contributed by atoms with Gasteiger partial charge in [0.15, 0.2) is 0 Å². The van der Waals surface area contributed by atoms with E-state index < -0.39 is 0 Å². The quantitative estimate of drug-likeness (QED) is 0.592. The SMILES string of the molecule is C(#Cc1ccccc1)C(=C1C2CCCC1CC2)c1ccccc1. The first-order valence-corrected chi connectivity index (χ1v) is 8.78. The maximum atomic E-state index is 3.55. The van der Waals surface area contributed by atoms with Crippen LogP contribution in [0.15, 0.2) is 66.2 Å². The van der Waals surface area contributed by atoms with Gasteiger partial charge in [0, 0.05) is 11.1 Å². The van der Waals surface area contributed by atoms with Crippen LogP contribution < -0.4 is 0 Å². The zero-order valence-electron chi connectivity index (χ0n) is 13.5. The van der Waals surface area contributed by atoms with E-state index in [0.717, 1.165) is 17.4 Å². The highest BCUT2D eigenvalue weighted by molar-refractivity contribution is 5.83. The van der Waals surface area contributed by atoms with Crippen LogP contribution in [0.25, 0.3) is 5.57 Å². The minimum absolute atomic E-state index is 0.772. The molecule has 0 heteroatoms. The van der Waals surface area contributed by atoms with E-state index in [-0.39, 0.29) is 0 Å². The first-order chi connectivity index (χ1) is 11.4. The third-order valence-corrected chi connectivity index (χ3v) is 5.31. The molecule has 2 aromatic rings. The van der Waals surface area contributed by atoms with E-state index in [4.69, 9.17) is 0 Å². The topological polar surface area (TPSA) is 0 Å². The maximum Gasteiger partial charge on any atom is 0.0319 e. The fourth-order valence-corrected chi connectivity index (χ4v) is 4.24. The lowest BCUT2D eigenvalue weighted by atomic mass is 9.79. The molecule has 2 aromatic carbocycles. The third kappa shape index (κ3) is 2.97. The second-order valence-electron chi connectivity index (χ2n) is 6.71. The van der Waals surface area contributed by atoms with Gasteiger partial charge in [-0.3, -0.25) is 0 Å². The first-order valence-electron chi connectivity index (χ1n) is 8.78. The number of hydrogen-bond acceptors (Lipinski definition) is 0. The Morgan fingerprint density at radius 2 is 1.35 bits per heavy atom. The Kier molecular flexibility index (Phi) is 4.03. The molecule has 4 rings (SSSR count). The first kappa shape index (κ1) is 14.3. The average Bonchev–Trinajstić information content (AvgIpc) is 2.86. The van der Waals surface area contributed by atoms with Crippen molar-refractivity contribution in [1.82, 2.24) is 0 Å². The zero-order chi connectivity index (χ0) is 15.5. The van der Waals surface area contributed by atoms with Crippen LogP contribution in [0.2, 0.25) is 0 Å². The number of rotatable bonds is 1. The molecule has 2 aliphatic carbocycles. The molecule has 2 unspecified atom stereocenters. The van der Waals surface area contributed by atoms with Crippen molar-refractivity contribution >= 4 is 5.57 Å². The second-order valence-corrected chi connectivity index (χ2v) is 6.71. The zero-order valence-corrected chi connectivity index (χ0v) is 13.5. The molecule has 2 saturated carbocycles. The van der Waals surface area contributed by atoms with Crippen molar-refractivity contribution in [3.05, 3.63) is 77.4 Å². The summed E-state index contributed by atoms with van der Waals surface area (Å²) in [7, 11) is 0. The van der Waals surface area contributed by atoms with E-state index in [0.29, 0.717) is 0 Å². The maximum absolute atomic E-state index is 3.55. The van der Waals surface area contributed by atoms with Crippen molar-refractivity contribution < 1.29 is 0 Å². The van der Waals surface area contributed by atoms with Gasteiger partial charge in [-0.2, -0.15) is 0 Å². The van der Waals surface area contributed by atoms with E-state index in [2.05, 4.69) is 66.4 Å². The van der Waals surface area contributed by atoms with Gasteiger partial charge in [0.2, 0.25) is 0 Å². The predicted molar refractivity (Wildman–Crippen MR) is 96.7 cm³/mol. The molecule has 0 spiro atoms. The molecule has 0 amide bonds. The Hall–Kier alpha value is -2.26. The van der Waals surface area contributed by atoms with Crippen LogP contribution in [0.5, 0.6) is 0 Å². The molecule has 0 radical (unpaired) electrons. The van der Waals surface area contributed by atoms with E-state index in [1.165, 1.54) is 43.2 Å². The molecule has 0 heterocycles. The van der Waals surface area contributed by atoms with E-state index in [1.54, 1.807) is 5.57 Å². The van der Waals surface area contributed by atoms with Crippen molar-refractivity contribution in [1.29, 1.82) is 0 Å². The molecule has 114 valence electrons. The largest absolute Gasteiger partial charge is 0.0622 e. The summed E-state index contributed by atoms with van der Waals surface area (Å²) in [6, 6.07) is 21.1. The molecule has 2 aliphatic rings. The van der Waals surface area contributed by atoms with Gasteiger partial charge < -0.3 is 0 Å². The highest BCUT2D eigenvalue weighted by Crippen LogP contribution is 2.49. The summed E-state index contributed by atoms with van der Waals surface area (Å²) < 4.78 is 0. The van der Waals surface area contributed by atoms with Gasteiger partial charge >= 0.3 is 0 Å². The van der Waals surface area contributed by atoms with Gasteiger partial charge in [0.1, 0.15) is 0 Å². The smallest absolute Gasteiger partial charge is 0.0319 e. The standard InChI is InChI=1S/C23H22/c1-3-8-18(9-4-1)14-17-22(19-10-5-2-6-11-19)23-20-12-7-13-21(23)16-15-20/h1-6,8-11,20-21H,7,12-13,15-16H2. The summed E-state index contributed by atoms with van der Waals surface area (Å²) in [6.45, 7) is 0. The fraction of sp³-hybridized carbons (Fsp3) is 0.304. The molecule has 23 heavy (non-hydrogen) atoms. The molecule has 0 nitrogen and oxygen atoms in total. The molecular formula is C23H22. The molecule has 0 aromatic heterocycles. The Bertz CT molecular complexity index is 738. The van der Waals surface area contributed by atoms with Gasteiger partial charge in [-0.25, -0.2) is 0 Å². The van der Waals surface area contributed by atoms with Crippen molar-refractivity contribution in [3.8, 4) is 11.8 Å². The van der Waals surface area contributed by atoms with Crippen LogP contribution in [-0.2, 0) is 0 Å². The van der Waals surface area contributed by atoms with Crippen molar-refractivity contribution in [3.63, 3.8) is 0 Å². The van der Waals surface area contributed by atoms with E-state index in [9.17, 15) is 0 Å². The number of benzene rings is 2. The minimum Gasteiger partial charge on any atom is -0.0622 e. The van der Waals surface area contributed by atoms with Crippen molar-refractivity contribution in [2.24, 2.45) is 11.8 Å².